The highest BCUT2D eigenvalue weighted by molar-refractivity contribution is 9.11. The molecule has 0 spiro atoms. The van der Waals surface area contributed by atoms with Gasteiger partial charge in [-0.05, 0) is 59.7 Å². The van der Waals surface area contributed by atoms with Gasteiger partial charge >= 0.3 is 0 Å². The normalized spacial score (nSPS) is 31.3. The maximum atomic E-state index is 6.55. The maximum Gasteiger partial charge on any atom is 0.0701 e. The molecule has 1 aliphatic carbocycles. The molecule has 2 N–H and O–H groups in total. The van der Waals surface area contributed by atoms with Gasteiger partial charge in [0.2, 0.25) is 0 Å². The lowest BCUT2D eigenvalue weighted by molar-refractivity contribution is 0.365. The Kier molecular flexibility index (Phi) is 4.09. The van der Waals surface area contributed by atoms with Crippen LogP contribution in [0.25, 0.3) is 0 Å². The van der Waals surface area contributed by atoms with Crippen molar-refractivity contribution >= 4 is 27.3 Å². The van der Waals surface area contributed by atoms with E-state index in [0.29, 0.717) is 0 Å². The average molecular weight is 302 g/mol. The summed E-state index contributed by atoms with van der Waals surface area (Å²) in [7, 11) is 0. The molecule has 0 aliphatic heterocycles. The molecule has 16 heavy (non-hydrogen) atoms. The minimum absolute atomic E-state index is 0.0506. The summed E-state index contributed by atoms with van der Waals surface area (Å²) in [4.78, 5) is 1.42. The second kappa shape index (κ2) is 5.19. The number of hydrogen-bond acceptors (Lipinski definition) is 2. The van der Waals surface area contributed by atoms with Gasteiger partial charge in [-0.1, -0.05) is 19.8 Å². The van der Waals surface area contributed by atoms with Crippen LogP contribution in [-0.2, 0) is 6.42 Å². The molecule has 2 atom stereocenters. The van der Waals surface area contributed by atoms with Crippen LogP contribution in [0.1, 0.15) is 43.9 Å². The van der Waals surface area contributed by atoms with E-state index in [-0.39, 0.29) is 5.54 Å². The predicted molar refractivity (Wildman–Crippen MR) is 74.9 cm³/mol. The van der Waals surface area contributed by atoms with E-state index < -0.39 is 0 Å². The quantitative estimate of drug-likeness (QED) is 0.808. The van der Waals surface area contributed by atoms with E-state index in [4.69, 9.17) is 5.73 Å². The number of hydrogen-bond donors (Lipinski definition) is 1. The fraction of sp³-hybridized carbons (Fsp3) is 0.692. The van der Waals surface area contributed by atoms with Crippen LogP contribution in [0.15, 0.2) is 15.9 Å². The lowest BCUT2D eigenvalue weighted by atomic mass is 9.87. The van der Waals surface area contributed by atoms with E-state index in [1.165, 1.54) is 40.8 Å². The number of thiophene rings is 1. The first-order valence-corrected chi connectivity index (χ1v) is 7.71. The van der Waals surface area contributed by atoms with Crippen LogP contribution >= 0.6 is 27.3 Å². The summed E-state index contributed by atoms with van der Waals surface area (Å²) in [5.41, 5.74) is 6.60. The maximum absolute atomic E-state index is 6.55. The molecule has 2 rings (SSSR count). The molecular weight excluding hydrogens is 282 g/mol. The van der Waals surface area contributed by atoms with Gasteiger partial charge in [-0.3, -0.25) is 0 Å². The minimum Gasteiger partial charge on any atom is -0.325 e. The van der Waals surface area contributed by atoms with Crippen LogP contribution in [0, 0.1) is 5.92 Å². The Hall–Kier alpha value is 0.140. The molecule has 1 heterocycles. The molecule has 0 bridgehead atoms. The van der Waals surface area contributed by atoms with Crippen molar-refractivity contribution in [1.82, 2.24) is 0 Å². The fourth-order valence-electron chi connectivity index (χ4n) is 2.58. The summed E-state index contributed by atoms with van der Waals surface area (Å²) in [6, 6.07) is 4.33. The van der Waals surface area contributed by atoms with E-state index in [1.54, 1.807) is 0 Å². The number of halogens is 1. The Morgan fingerprint density at radius 2 is 2.25 bits per heavy atom. The molecule has 0 amide bonds. The van der Waals surface area contributed by atoms with Gasteiger partial charge < -0.3 is 5.73 Å². The molecule has 0 radical (unpaired) electrons. The summed E-state index contributed by atoms with van der Waals surface area (Å²) >= 11 is 5.34. The molecule has 1 aromatic heterocycles. The highest BCUT2D eigenvalue weighted by atomic mass is 79.9. The summed E-state index contributed by atoms with van der Waals surface area (Å²) < 4.78 is 1.22. The largest absolute Gasteiger partial charge is 0.325 e. The molecule has 0 aromatic carbocycles. The summed E-state index contributed by atoms with van der Waals surface area (Å²) in [5.74, 6) is 0.862. The van der Waals surface area contributed by atoms with Gasteiger partial charge in [0.1, 0.15) is 0 Å². The zero-order valence-electron chi connectivity index (χ0n) is 9.84. The second-order valence-corrected chi connectivity index (χ2v) is 7.83. The minimum atomic E-state index is 0.0506. The SMILES string of the molecule is CC1CCCC(N)(Cc2ccc(Br)s2)CC1. The molecule has 2 unspecified atom stereocenters. The van der Waals surface area contributed by atoms with Crippen molar-refractivity contribution in [3.8, 4) is 0 Å². The molecular formula is C13H20BrNS. The summed E-state index contributed by atoms with van der Waals surface area (Å²) in [6.45, 7) is 2.35. The Bertz CT molecular complexity index is 349. The van der Waals surface area contributed by atoms with Gasteiger partial charge in [0.25, 0.3) is 0 Å². The van der Waals surface area contributed by atoms with E-state index in [9.17, 15) is 0 Å². The van der Waals surface area contributed by atoms with Gasteiger partial charge in [-0.25, -0.2) is 0 Å². The Labute approximate surface area is 111 Å². The Morgan fingerprint density at radius 1 is 1.44 bits per heavy atom. The van der Waals surface area contributed by atoms with Gasteiger partial charge in [0.15, 0.2) is 0 Å². The molecule has 1 nitrogen and oxygen atoms in total. The topological polar surface area (TPSA) is 26.0 Å². The third kappa shape index (κ3) is 3.31. The van der Waals surface area contributed by atoms with Gasteiger partial charge in [-0.15, -0.1) is 11.3 Å². The molecule has 1 fully saturated rings. The highest BCUT2D eigenvalue weighted by Gasteiger charge is 2.28. The zero-order chi connectivity index (χ0) is 11.6. The van der Waals surface area contributed by atoms with Gasteiger partial charge in [0.05, 0.1) is 3.79 Å². The fourth-order valence-corrected chi connectivity index (χ4v) is 4.21. The van der Waals surface area contributed by atoms with Crippen molar-refractivity contribution < 1.29 is 0 Å². The predicted octanol–water partition coefficient (Wildman–Crippen LogP) is 4.35. The van der Waals surface area contributed by atoms with Crippen molar-refractivity contribution in [2.45, 2.75) is 51.0 Å². The van der Waals surface area contributed by atoms with Crippen LogP contribution in [0.4, 0.5) is 0 Å². The molecule has 90 valence electrons. The monoisotopic (exact) mass is 301 g/mol. The standard InChI is InChI=1S/C13H20BrNS/c1-10-3-2-7-13(15,8-6-10)9-11-4-5-12(14)16-11/h4-5,10H,2-3,6-9,15H2,1H3. The first-order valence-electron chi connectivity index (χ1n) is 6.10. The Balaban J connectivity index is 2.01. The Morgan fingerprint density at radius 3 is 2.94 bits per heavy atom. The van der Waals surface area contributed by atoms with Crippen LogP contribution in [-0.4, -0.2) is 5.54 Å². The first-order chi connectivity index (χ1) is 7.57. The lowest BCUT2D eigenvalue weighted by Gasteiger charge is -2.27. The average Bonchev–Trinajstić information content (AvgIpc) is 2.53. The van der Waals surface area contributed by atoms with Crippen LogP contribution in [0.3, 0.4) is 0 Å². The molecule has 1 aromatic rings. The highest BCUT2D eigenvalue weighted by Crippen LogP contribution is 2.33. The summed E-state index contributed by atoms with van der Waals surface area (Å²) in [5, 5.41) is 0. The molecule has 1 aliphatic rings. The van der Waals surface area contributed by atoms with Crippen molar-refractivity contribution in [1.29, 1.82) is 0 Å². The third-order valence-electron chi connectivity index (χ3n) is 3.66. The van der Waals surface area contributed by atoms with Crippen LogP contribution < -0.4 is 5.73 Å². The summed E-state index contributed by atoms with van der Waals surface area (Å²) in [6.07, 6.45) is 7.37. The van der Waals surface area contributed by atoms with Crippen molar-refractivity contribution in [3.05, 3.63) is 20.8 Å². The lowest BCUT2D eigenvalue weighted by Crippen LogP contribution is -2.41. The van der Waals surface area contributed by atoms with Crippen molar-refractivity contribution in [3.63, 3.8) is 0 Å². The van der Waals surface area contributed by atoms with E-state index in [1.807, 2.05) is 11.3 Å². The molecule has 1 saturated carbocycles. The van der Waals surface area contributed by atoms with Crippen molar-refractivity contribution in [2.75, 3.05) is 0 Å². The van der Waals surface area contributed by atoms with Crippen LogP contribution in [0.5, 0.6) is 0 Å². The smallest absolute Gasteiger partial charge is 0.0701 e. The third-order valence-corrected chi connectivity index (χ3v) is 5.29. The van der Waals surface area contributed by atoms with Crippen molar-refractivity contribution in [2.24, 2.45) is 11.7 Å². The first kappa shape index (κ1) is 12.6. The number of nitrogens with two attached hydrogens (primary N) is 1. The van der Waals surface area contributed by atoms with Crippen LogP contribution in [0.2, 0.25) is 0 Å². The molecule has 3 heteroatoms. The van der Waals surface area contributed by atoms with Gasteiger partial charge in [-0.2, -0.15) is 0 Å². The zero-order valence-corrected chi connectivity index (χ0v) is 12.2. The molecule has 0 saturated heterocycles. The van der Waals surface area contributed by atoms with E-state index >= 15 is 0 Å². The van der Waals surface area contributed by atoms with E-state index in [2.05, 4.69) is 35.0 Å². The number of rotatable bonds is 2. The van der Waals surface area contributed by atoms with E-state index in [0.717, 1.165) is 12.3 Å². The second-order valence-electron chi connectivity index (χ2n) is 5.28. The van der Waals surface area contributed by atoms with Gasteiger partial charge in [0, 0.05) is 10.4 Å².